The van der Waals surface area contributed by atoms with Gasteiger partial charge in [-0.25, -0.2) is 15.0 Å². The van der Waals surface area contributed by atoms with Crippen molar-refractivity contribution in [1.29, 1.82) is 0 Å². The summed E-state index contributed by atoms with van der Waals surface area (Å²) in [5, 5.41) is 3.05. The number of carbonyl (C=O) groups is 1. The summed E-state index contributed by atoms with van der Waals surface area (Å²) in [5.74, 6) is 1.05. The molecule has 1 atom stereocenters. The minimum atomic E-state index is 0.0453. The van der Waals surface area contributed by atoms with Crippen LogP contribution in [0.1, 0.15) is 12.8 Å². The van der Waals surface area contributed by atoms with E-state index in [9.17, 15) is 4.79 Å². The molecule has 0 radical (unpaired) electrons. The van der Waals surface area contributed by atoms with E-state index in [1.165, 1.54) is 0 Å². The van der Waals surface area contributed by atoms with Gasteiger partial charge >= 0.3 is 0 Å². The second-order valence-electron chi connectivity index (χ2n) is 6.46. The van der Waals surface area contributed by atoms with E-state index in [-0.39, 0.29) is 11.8 Å². The molecular weight excluding hydrogens is 336 g/mol. The lowest BCUT2D eigenvalue weighted by atomic mass is 9.96. The number of piperidine rings is 1. The summed E-state index contributed by atoms with van der Waals surface area (Å²) in [6, 6.07) is 1.82. The zero-order chi connectivity index (χ0) is 17.1. The SMILES string of the molecule is O=C(C1CCCN(c2ncccn2)C1)N1CCN(c2nccs2)CC1. The molecule has 0 bridgehead atoms. The lowest BCUT2D eigenvalue weighted by Crippen LogP contribution is -2.52. The number of aromatic nitrogens is 3. The van der Waals surface area contributed by atoms with E-state index in [0.29, 0.717) is 0 Å². The normalized spacial score (nSPS) is 21.4. The third-order valence-corrected chi connectivity index (χ3v) is 5.72. The molecule has 1 unspecified atom stereocenters. The molecule has 4 heterocycles. The molecule has 132 valence electrons. The van der Waals surface area contributed by atoms with Gasteiger partial charge in [-0.1, -0.05) is 0 Å². The van der Waals surface area contributed by atoms with Crippen molar-refractivity contribution >= 4 is 28.3 Å². The monoisotopic (exact) mass is 358 g/mol. The number of rotatable bonds is 3. The molecule has 2 saturated heterocycles. The van der Waals surface area contributed by atoms with Gasteiger partial charge in [-0.2, -0.15) is 0 Å². The molecule has 8 heteroatoms. The van der Waals surface area contributed by atoms with E-state index >= 15 is 0 Å². The van der Waals surface area contributed by atoms with Crippen LogP contribution in [-0.4, -0.2) is 65.0 Å². The Hall–Kier alpha value is -2.22. The molecule has 2 fully saturated rings. The number of amides is 1. The van der Waals surface area contributed by atoms with Crippen LogP contribution in [0.2, 0.25) is 0 Å². The van der Waals surface area contributed by atoms with Crippen LogP contribution in [0.25, 0.3) is 0 Å². The first-order chi connectivity index (χ1) is 12.3. The fourth-order valence-electron chi connectivity index (χ4n) is 3.56. The lowest BCUT2D eigenvalue weighted by Gasteiger charge is -2.39. The molecule has 1 amide bonds. The van der Waals surface area contributed by atoms with E-state index < -0.39 is 0 Å². The predicted molar refractivity (Wildman–Crippen MR) is 97.9 cm³/mol. The Labute approximate surface area is 151 Å². The Balaban J connectivity index is 1.35. The van der Waals surface area contributed by atoms with Gasteiger partial charge in [0.05, 0.1) is 5.92 Å². The highest BCUT2D eigenvalue weighted by Crippen LogP contribution is 2.24. The third kappa shape index (κ3) is 3.58. The summed E-state index contributed by atoms with van der Waals surface area (Å²) in [6.45, 7) is 4.91. The Morgan fingerprint density at radius 2 is 1.80 bits per heavy atom. The topological polar surface area (TPSA) is 65.5 Å². The molecule has 2 aromatic heterocycles. The second kappa shape index (κ2) is 7.35. The van der Waals surface area contributed by atoms with Gasteiger partial charge in [0, 0.05) is 63.2 Å². The highest BCUT2D eigenvalue weighted by molar-refractivity contribution is 7.13. The molecule has 2 aliphatic heterocycles. The minimum absolute atomic E-state index is 0.0453. The lowest BCUT2D eigenvalue weighted by molar-refractivity contribution is -0.136. The van der Waals surface area contributed by atoms with Crippen LogP contribution >= 0.6 is 11.3 Å². The number of thiazole rings is 1. The smallest absolute Gasteiger partial charge is 0.227 e. The Bertz CT molecular complexity index is 686. The van der Waals surface area contributed by atoms with Gasteiger partial charge in [-0.05, 0) is 18.9 Å². The highest BCUT2D eigenvalue weighted by atomic mass is 32.1. The van der Waals surface area contributed by atoms with Gasteiger partial charge in [-0.15, -0.1) is 11.3 Å². The summed E-state index contributed by atoms with van der Waals surface area (Å²) in [6.07, 6.45) is 7.31. The molecule has 25 heavy (non-hydrogen) atoms. The third-order valence-electron chi connectivity index (χ3n) is 4.89. The van der Waals surface area contributed by atoms with Crippen molar-refractivity contribution < 1.29 is 4.79 Å². The average molecular weight is 358 g/mol. The van der Waals surface area contributed by atoms with Gasteiger partial charge < -0.3 is 14.7 Å². The van der Waals surface area contributed by atoms with Crippen LogP contribution in [0, 0.1) is 5.92 Å². The molecule has 0 N–H and O–H groups in total. The van der Waals surface area contributed by atoms with Crippen LogP contribution in [0.4, 0.5) is 11.1 Å². The van der Waals surface area contributed by atoms with Gasteiger partial charge in [0.25, 0.3) is 0 Å². The fraction of sp³-hybridized carbons (Fsp3) is 0.529. The Morgan fingerprint density at radius 3 is 2.52 bits per heavy atom. The summed E-state index contributed by atoms with van der Waals surface area (Å²) in [4.78, 5) is 32.4. The fourth-order valence-corrected chi connectivity index (χ4v) is 4.26. The molecule has 0 saturated carbocycles. The zero-order valence-corrected chi connectivity index (χ0v) is 14.9. The van der Waals surface area contributed by atoms with Crippen molar-refractivity contribution in [3.63, 3.8) is 0 Å². The number of nitrogens with zero attached hydrogens (tertiary/aromatic N) is 6. The Kier molecular flexibility index (Phi) is 4.78. The van der Waals surface area contributed by atoms with Crippen LogP contribution in [0.3, 0.4) is 0 Å². The maximum Gasteiger partial charge on any atom is 0.227 e. The molecule has 2 aliphatic rings. The van der Waals surface area contributed by atoms with E-state index in [2.05, 4.69) is 24.8 Å². The summed E-state index contributed by atoms with van der Waals surface area (Å²) in [5.41, 5.74) is 0. The first-order valence-electron chi connectivity index (χ1n) is 8.76. The van der Waals surface area contributed by atoms with Crippen LogP contribution in [0.5, 0.6) is 0 Å². The van der Waals surface area contributed by atoms with Crippen LogP contribution < -0.4 is 9.80 Å². The molecule has 7 nitrogen and oxygen atoms in total. The van der Waals surface area contributed by atoms with E-state index in [1.807, 2.05) is 22.5 Å². The van der Waals surface area contributed by atoms with Crippen molar-refractivity contribution in [3.8, 4) is 0 Å². The minimum Gasteiger partial charge on any atom is -0.345 e. The van der Waals surface area contributed by atoms with Crippen molar-refractivity contribution in [2.45, 2.75) is 12.8 Å². The number of hydrogen-bond donors (Lipinski definition) is 0. The second-order valence-corrected chi connectivity index (χ2v) is 7.33. The summed E-state index contributed by atoms with van der Waals surface area (Å²) >= 11 is 1.66. The van der Waals surface area contributed by atoms with Gasteiger partial charge in [0.15, 0.2) is 5.13 Å². The summed E-state index contributed by atoms with van der Waals surface area (Å²) in [7, 11) is 0. The predicted octanol–water partition coefficient (Wildman–Crippen LogP) is 1.50. The number of hydrogen-bond acceptors (Lipinski definition) is 7. The van der Waals surface area contributed by atoms with E-state index in [0.717, 1.165) is 63.2 Å². The maximum absolute atomic E-state index is 13.0. The zero-order valence-electron chi connectivity index (χ0n) is 14.1. The Morgan fingerprint density at radius 1 is 1.00 bits per heavy atom. The van der Waals surface area contributed by atoms with Crippen LogP contribution in [0.15, 0.2) is 30.0 Å². The maximum atomic E-state index is 13.0. The van der Waals surface area contributed by atoms with Gasteiger partial charge in [0.2, 0.25) is 11.9 Å². The average Bonchev–Trinajstić information content (AvgIpc) is 3.23. The molecule has 4 rings (SSSR count). The highest BCUT2D eigenvalue weighted by Gasteiger charge is 2.32. The molecule has 0 spiro atoms. The largest absolute Gasteiger partial charge is 0.345 e. The number of anilines is 2. The molecular formula is C17H22N6OS. The van der Waals surface area contributed by atoms with Gasteiger partial charge in [-0.3, -0.25) is 4.79 Å². The van der Waals surface area contributed by atoms with Crippen molar-refractivity contribution in [2.75, 3.05) is 49.1 Å². The molecule has 0 aliphatic carbocycles. The first-order valence-corrected chi connectivity index (χ1v) is 9.64. The van der Waals surface area contributed by atoms with Crippen molar-refractivity contribution in [2.24, 2.45) is 5.92 Å². The quantitative estimate of drug-likeness (QED) is 0.828. The van der Waals surface area contributed by atoms with E-state index in [4.69, 9.17) is 0 Å². The van der Waals surface area contributed by atoms with E-state index in [1.54, 1.807) is 23.7 Å². The van der Waals surface area contributed by atoms with Crippen molar-refractivity contribution in [3.05, 3.63) is 30.0 Å². The number of piperazine rings is 1. The van der Waals surface area contributed by atoms with Crippen molar-refractivity contribution in [1.82, 2.24) is 19.9 Å². The van der Waals surface area contributed by atoms with Crippen LogP contribution in [-0.2, 0) is 4.79 Å². The first kappa shape index (κ1) is 16.3. The summed E-state index contributed by atoms with van der Waals surface area (Å²) < 4.78 is 0. The van der Waals surface area contributed by atoms with Gasteiger partial charge in [0.1, 0.15) is 0 Å². The number of carbonyl (C=O) groups excluding carboxylic acids is 1. The standard InChI is InChI=1S/C17H22N6OS/c24-15(21-8-10-22(11-9-21)17-20-6-12-25-17)14-3-1-7-23(13-14)16-18-4-2-5-19-16/h2,4-6,12,14H,1,3,7-11,13H2. The molecule has 0 aromatic carbocycles. The molecule has 2 aromatic rings.